The molecule has 6 heteroatoms. The number of hydrogen-bond donors (Lipinski definition) is 3. The van der Waals surface area contributed by atoms with Crippen LogP contribution in [0.4, 0.5) is 0 Å². The summed E-state index contributed by atoms with van der Waals surface area (Å²) >= 11 is 0. The Bertz CT molecular complexity index is 616. The number of hydrogen-bond acceptors (Lipinski definition) is 4. The molecule has 0 aliphatic heterocycles. The van der Waals surface area contributed by atoms with Gasteiger partial charge in [0.2, 0.25) is 5.91 Å². The number of nitrogens with two attached hydrogens (primary N) is 1. The van der Waals surface area contributed by atoms with Crippen LogP contribution >= 0.6 is 12.4 Å². The summed E-state index contributed by atoms with van der Waals surface area (Å²) in [5, 5.41) is 15.1. The Hall–Kier alpha value is -1.82. The number of carbonyl (C=O) groups excluding carboxylic acids is 1. The zero-order chi connectivity index (χ0) is 15.8. The van der Waals surface area contributed by atoms with E-state index in [2.05, 4.69) is 5.32 Å². The van der Waals surface area contributed by atoms with Crippen LogP contribution in [0.15, 0.2) is 42.5 Å². The molecule has 23 heavy (non-hydrogen) atoms. The molecule has 0 heterocycles. The number of amides is 1. The Kier molecular flexibility index (Phi) is 8.40. The summed E-state index contributed by atoms with van der Waals surface area (Å²) in [4.78, 5) is 10.6. The molecule has 1 atom stereocenters. The first-order valence-electron chi connectivity index (χ1n) is 7.44. The monoisotopic (exact) mass is 338 g/mol. The van der Waals surface area contributed by atoms with Gasteiger partial charge in [-0.25, -0.2) is 0 Å². The molecule has 4 N–H and O–H groups in total. The number of rotatable bonds is 9. The molecule has 1 unspecified atom stereocenters. The number of carbonyl (C=O) groups is 1. The number of benzene rings is 2. The van der Waals surface area contributed by atoms with Crippen LogP contribution in [0, 0.1) is 0 Å². The van der Waals surface area contributed by atoms with Gasteiger partial charge in [0.25, 0.3) is 0 Å². The van der Waals surface area contributed by atoms with E-state index >= 15 is 0 Å². The number of nitrogens with one attached hydrogen (secondary N) is 1. The molecular weight excluding hydrogens is 316 g/mol. The average Bonchev–Trinajstić information content (AvgIpc) is 2.52. The predicted molar refractivity (Wildman–Crippen MR) is 94.0 cm³/mol. The van der Waals surface area contributed by atoms with Crippen LogP contribution in [0.25, 0.3) is 10.8 Å². The van der Waals surface area contributed by atoms with Crippen molar-refractivity contribution >= 4 is 29.1 Å². The first-order chi connectivity index (χ1) is 10.7. The number of primary amides is 1. The smallest absolute Gasteiger partial charge is 0.217 e. The van der Waals surface area contributed by atoms with E-state index in [1.807, 2.05) is 42.5 Å². The zero-order valence-corrected chi connectivity index (χ0v) is 13.7. The average molecular weight is 339 g/mol. The van der Waals surface area contributed by atoms with Gasteiger partial charge in [-0.2, -0.15) is 0 Å². The van der Waals surface area contributed by atoms with Gasteiger partial charge in [0.1, 0.15) is 18.5 Å². The first kappa shape index (κ1) is 19.2. The van der Waals surface area contributed by atoms with Crippen LogP contribution in [-0.4, -0.2) is 36.8 Å². The molecule has 2 rings (SSSR count). The minimum absolute atomic E-state index is 0. The maximum Gasteiger partial charge on any atom is 0.217 e. The summed E-state index contributed by atoms with van der Waals surface area (Å²) in [5.74, 6) is 0.465. The van der Waals surface area contributed by atoms with Crippen molar-refractivity contribution in [1.29, 1.82) is 0 Å². The number of aliphatic hydroxyl groups is 1. The van der Waals surface area contributed by atoms with E-state index in [4.69, 9.17) is 10.5 Å². The molecule has 0 saturated heterocycles. The Balaban J connectivity index is 0.00000264. The van der Waals surface area contributed by atoms with Gasteiger partial charge in [-0.1, -0.05) is 36.4 Å². The minimum atomic E-state index is -0.604. The molecule has 126 valence electrons. The highest BCUT2D eigenvalue weighted by atomic mass is 35.5. The lowest BCUT2D eigenvalue weighted by molar-refractivity contribution is -0.118. The van der Waals surface area contributed by atoms with Crippen molar-refractivity contribution in [3.8, 4) is 5.75 Å². The lowest BCUT2D eigenvalue weighted by Gasteiger charge is -2.14. The van der Waals surface area contributed by atoms with Gasteiger partial charge in [-0.05, 0) is 24.4 Å². The number of fused-ring (bicyclic) bond motifs is 1. The molecule has 0 spiro atoms. The van der Waals surface area contributed by atoms with Gasteiger partial charge < -0.3 is 20.9 Å². The molecule has 0 saturated carbocycles. The van der Waals surface area contributed by atoms with E-state index in [1.165, 1.54) is 0 Å². The molecule has 2 aromatic rings. The summed E-state index contributed by atoms with van der Waals surface area (Å²) in [6.07, 6.45) is 0.425. The summed E-state index contributed by atoms with van der Waals surface area (Å²) in [6.45, 7) is 1.29. The normalized spacial score (nSPS) is 11.7. The number of ether oxygens (including phenoxy) is 1. The van der Waals surface area contributed by atoms with Gasteiger partial charge in [0.05, 0.1) is 0 Å². The fourth-order valence-electron chi connectivity index (χ4n) is 2.22. The van der Waals surface area contributed by atoms with Gasteiger partial charge in [0.15, 0.2) is 0 Å². The molecule has 0 bridgehead atoms. The Morgan fingerprint density at radius 1 is 1.22 bits per heavy atom. The van der Waals surface area contributed by atoms with Gasteiger partial charge >= 0.3 is 0 Å². The van der Waals surface area contributed by atoms with E-state index in [1.54, 1.807) is 0 Å². The van der Waals surface area contributed by atoms with Crippen LogP contribution in [0.5, 0.6) is 5.75 Å². The van der Waals surface area contributed by atoms with Crippen LogP contribution in [-0.2, 0) is 4.79 Å². The van der Waals surface area contributed by atoms with Gasteiger partial charge in [-0.15, -0.1) is 12.4 Å². The topological polar surface area (TPSA) is 84.6 Å². The van der Waals surface area contributed by atoms with Crippen molar-refractivity contribution in [2.75, 3.05) is 19.7 Å². The lowest BCUT2D eigenvalue weighted by Crippen LogP contribution is -2.32. The summed E-state index contributed by atoms with van der Waals surface area (Å²) in [5.41, 5.74) is 5.06. The Labute approximate surface area is 142 Å². The number of halogens is 1. The maximum absolute atomic E-state index is 10.6. The molecule has 2 aromatic carbocycles. The van der Waals surface area contributed by atoms with E-state index < -0.39 is 6.10 Å². The standard InChI is InChI=1S/C17H22N2O3.ClH/c18-17(21)9-4-10-19-11-14(20)12-22-16-8-3-6-13-5-1-2-7-15(13)16;/h1-3,5-8,14,19-20H,4,9-12H2,(H2,18,21);1H. The quantitative estimate of drug-likeness (QED) is 0.609. The van der Waals surface area contributed by atoms with Gasteiger partial charge in [-0.3, -0.25) is 4.79 Å². The number of aliphatic hydroxyl groups excluding tert-OH is 1. The predicted octanol–water partition coefficient (Wildman–Crippen LogP) is 1.86. The highest BCUT2D eigenvalue weighted by Gasteiger charge is 2.07. The SMILES string of the molecule is Cl.NC(=O)CCCNCC(O)COc1cccc2ccccc12. The van der Waals surface area contributed by atoms with Crippen molar-refractivity contribution in [2.24, 2.45) is 5.73 Å². The first-order valence-corrected chi connectivity index (χ1v) is 7.44. The van der Waals surface area contributed by atoms with Crippen LogP contribution < -0.4 is 15.8 Å². The largest absolute Gasteiger partial charge is 0.490 e. The van der Waals surface area contributed by atoms with E-state index in [0.717, 1.165) is 16.5 Å². The molecule has 1 amide bonds. The highest BCUT2D eigenvalue weighted by molar-refractivity contribution is 5.88. The van der Waals surface area contributed by atoms with Gasteiger partial charge in [0, 0.05) is 18.4 Å². The Morgan fingerprint density at radius 2 is 1.96 bits per heavy atom. The van der Waals surface area contributed by atoms with Crippen molar-refractivity contribution < 1.29 is 14.6 Å². The van der Waals surface area contributed by atoms with Crippen molar-refractivity contribution in [3.63, 3.8) is 0 Å². The van der Waals surface area contributed by atoms with Crippen molar-refractivity contribution in [3.05, 3.63) is 42.5 Å². The molecule has 0 aliphatic rings. The second-order valence-electron chi connectivity index (χ2n) is 5.22. The molecule has 0 radical (unpaired) electrons. The maximum atomic E-state index is 10.6. The second-order valence-corrected chi connectivity index (χ2v) is 5.22. The highest BCUT2D eigenvalue weighted by Crippen LogP contribution is 2.25. The van der Waals surface area contributed by atoms with Crippen molar-refractivity contribution in [2.45, 2.75) is 18.9 Å². The lowest BCUT2D eigenvalue weighted by atomic mass is 10.1. The molecule has 0 fully saturated rings. The van der Waals surface area contributed by atoms with Crippen LogP contribution in [0.3, 0.4) is 0 Å². The third-order valence-electron chi connectivity index (χ3n) is 3.34. The van der Waals surface area contributed by atoms with E-state index in [0.29, 0.717) is 25.9 Å². The fraction of sp³-hybridized carbons (Fsp3) is 0.353. The Morgan fingerprint density at radius 3 is 2.74 bits per heavy atom. The third kappa shape index (κ3) is 6.44. The fourth-order valence-corrected chi connectivity index (χ4v) is 2.22. The third-order valence-corrected chi connectivity index (χ3v) is 3.34. The molecular formula is C17H23ClN2O3. The summed E-state index contributed by atoms with van der Waals surface area (Å²) < 4.78 is 5.71. The summed E-state index contributed by atoms with van der Waals surface area (Å²) in [7, 11) is 0. The van der Waals surface area contributed by atoms with E-state index in [-0.39, 0.29) is 24.9 Å². The van der Waals surface area contributed by atoms with E-state index in [9.17, 15) is 9.90 Å². The second kappa shape index (κ2) is 10.0. The van der Waals surface area contributed by atoms with Crippen LogP contribution in [0.1, 0.15) is 12.8 Å². The molecule has 0 aromatic heterocycles. The van der Waals surface area contributed by atoms with Crippen molar-refractivity contribution in [1.82, 2.24) is 5.32 Å². The minimum Gasteiger partial charge on any atom is -0.490 e. The van der Waals surface area contributed by atoms with Crippen LogP contribution in [0.2, 0.25) is 0 Å². The zero-order valence-electron chi connectivity index (χ0n) is 12.9. The molecule has 5 nitrogen and oxygen atoms in total. The molecule has 0 aliphatic carbocycles. The summed E-state index contributed by atoms with van der Waals surface area (Å²) in [6, 6.07) is 13.8.